The van der Waals surface area contributed by atoms with Crippen LogP contribution in [0.5, 0.6) is 5.75 Å². The summed E-state index contributed by atoms with van der Waals surface area (Å²) in [5, 5.41) is 15.7. The summed E-state index contributed by atoms with van der Waals surface area (Å²) < 4.78 is 0. The minimum atomic E-state index is -1.03. The Kier molecular flexibility index (Phi) is 6.02. The third-order valence-corrected chi connectivity index (χ3v) is 6.66. The van der Waals surface area contributed by atoms with E-state index < -0.39 is 29.8 Å². The van der Waals surface area contributed by atoms with Gasteiger partial charge in [0, 0.05) is 5.56 Å². The number of amides is 3. The number of phenolic OH excluding ortho intramolecular Hbond substituents is 1. The highest BCUT2D eigenvalue weighted by Gasteiger charge is 2.44. The highest BCUT2D eigenvalue weighted by molar-refractivity contribution is 6.22. The molecule has 1 aliphatic heterocycles. The maximum Gasteiger partial charge on any atom is 0.262 e. The highest BCUT2D eigenvalue weighted by Crippen LogP contribution is 2.36. The Labute approximate surface area is 209 Å². The molecule has 0 saturated heterocycles. The molecule has 0 bridgehead atoms. The summed E-state index contributed by atoms with van der Waals surface area (Å²) in [6, 6.07) is 25.3. The number of hydrogen-bond acceptors (Lipinski definition) is 4. The number of fused-ring (bicyclic) bond motifs is 2. The van der Waals surface area contributed by atoms with E-state index in [-0.39, 0.29) is 11.7 Å². The van der Waals surface area contributed by atoms with E-state index in [0.29, 0.717) is 16.7 Å². The summed E-state index contributed by atoms with van der Waals surface area (Å²) in [6.45, 7) is 3.61. The molecule has 4 aromatic rings. The third kappa shape index (κ3) is 3.90. The largest absolute Gasteiger partial charge is 0.508 e. The van der Waals surface area contributed by atoms with Crippen LogP contribution in [-0.2, 0) is 4.79 Å². The lowest BCUT2D eigenvalue weighted by molar-refractivity contribution is -0.126. The fraction of sp³-hybridized carbons (Fsp3) is 0.167. The summed E-state index contributed by atoms with van der Waals surface area (Å²) in [4.78, 5) is 41.3. The summed E-state index contributed by atoms with van der Waals surface area (Å²) in [5.74, 6) is -1.72. The number of rotatable bonds is 6. The molecule has 2 atom stereocenters. The first-order valence-corrected chi connectivity index (χ1v) is 11.9. The second-order valence-corrected chi connectivity index (χ2v) is 9.29. The van der Waals surface area contributed by atoms with Gasteiger partial charge >= 0.3 is 0 Å². The van der Waals surface area contributed by atoms with Crippen molar-refractivity contribution >= 4 is 28.5 Å². The van der Waals surface area contributed by atoms with Crippen LogP contribution in [0.2, 0.25) is 0 Å². The van der Waals surface area contributed by atoms with E-state index in [4.69, 9.17) is 0 Å². The molecule has 180 valence electrons. The van der Waals surface area contributed by atoms with Crippen LogP contribution in [0.25, 0.3) is 10.8 Å². The molecule has 4 aromatic carbocycles. The molecular formula is C30H26N2O4. The lowest BCUT2D eigenvalue weighted by atomic mass is 9.91. The summed E-state index contributed by atoms with van der Waals surface area (Å²) in [7, 11) is 0. The van der Waals surface area contributed by atoms with E-state index in [2.05, 4.69) is 5.32 Å². The van der Waals surface area contributed by atoms with Crippen LogP contribution in [0.1, 0.15) is 51.7 Å². The van der Waals surface area contributed by atoms with Gasteiger partial charge < -0.3 is 10.4 Å². The smallest absolute Gasteiger partial charge is 0.262 e. The molecule has 3 amide bonds. The molecular weight excluding hydrogens is 452 g/mol. The molecule has 2 N–H and O–H groups in total. The van der Waals surface area contributed by atoms with Crippen LogP contribution in [-0.4, -0.2) is 33.8 Å². The van der Waals surface area contributed by atoms with E-state index in [1.807, 2.05) is 60.7 Å². The van der Waals surface area contributed by atoms with Crippen molar-refractivity contribution in [1.82, 2.24) is 10.2 Å². The maximum atomic E-state index is 13.9. The second-order valence-electron chi connectivity index (χ2n) is 9.29. The van der Waals surface area contributed by atoms with Crippen LogP contribution < -0.4 is 5.32 Å². The van der Waals surface area contributed by atoms with Gasteiger partial charge in [-0.15, -0.1) is 0 Å². The lowest BCUT2D eigenvalue weighted by Gasteiger charge is -2.31. The molecule has 0 spiro atoms. The van der Waals surface area contributed by atoms with Crippen molar-refractivity contribution in [2.75, 3.05) is 0 Å². The predicted octanol–water partition coefficient (Wildman–Crippen LogP) is 5.07. The van der Waals surface area contributed by atoms with Crippen LogP contribution in [0.4, 0.5) is 0 Å². The SMILES string of the molecule is CC(C)C(C(=O)NC(c1ccccc1)c1c(O)ccc2ccccc12)N1C(=O)c2ccccc2C1=O. The van der Waals surface area contributed by atoms with Crippen LogP contribution in [0.15, 0.2) is 91.0 Å². The number of carbonyl (C=O) groups excluding carboxylic acids is 3. The van der Waals surface area contributed by atoms with Crippen molar-refractivity contribution < 1.29 is 19.5 Å². The Balaban J connectivity index is 1.58. The molecule has 1 aliphatic rings. The first-order valence-electron chi connectivity index (χ1n) is 11.9. The van der Waals surface area contributed by atoms with Crippen molar-refractivity contribution in [2.24, 2.45) is 5.92 Å². The molecule has 0 aromatic heterocycles. The average molecular weight is 479 g/mol. The van der Waals surface area contributed by atoms with Gasteiger partial charge in [-0.2, -0.15) is 0 Å². The number of benzene rings is 4. The van der Waals surface area contributed by atoms with Gasteiger partial charge in [-0.25, -0.2) is 0 Å². The molecule has 36 heavy (non-hydrogen) atoms. The summed E-state index contributed by atoms with van der Waals surface area (Å²) in [5.41, 5.74) is 1.92. The zero-order valence-electron chi connectivity index (χ0n) is 20.0. The van der Waals surface area contributed by atoms with Crippen molar-refractivity contribution in [2.45, 2.75) is 25.9 Å². The number of nitrogens with zero attached hydrogens (tertiary/aromatic N) is 1. The number of carbonyl (C=O) groups is 3. The van der Waals surface area contributed by atoms with Gasteiger partial charge in [-0.05, 0) is 40.5 Å². The summed E-state index contributed by atoms with van der Waals surface area (Å²) >= 11 is 0. The van der Waals surface area contributed by atoms with Crippen LogP contribution >= 0.6 is 0 Å². The molecule has 1 heterocycles. The molecule has 6 nitrogen and oxygen atoms in total. The van der Waals surface area contributed by atoms with Gasteiger partial charge in [-0.1, -0.05) is 86.6 Å². The quantitative estimate of drug-likeness (QED) is 0.379. The first kappa shape index (κ1) is 23.3. The molecule has 2 unspecified atom stereocenters. The fourth-order valence-electron chi connectivity index (χ4n) is 4.96. The molecule has 0 fully saturated rings. The van der Waals surface area contributed by atoms with Gasteiger partial charge in [0.1, 0.15) is 11.8 Å². The number of imide groups is 1. The average Bonchev–Trinajstić information content (AvgIpc) is 3.13. The van der Waals surface area contributed by atoms with Gasteiger partial charge in [0.2, 0.25) is 5.91 Å². The number of hydrogen-bond donors (Lipinski definition) is 2. The molecule has 0 radical (unpaired) electrons. The van der Waals surface area contributed by atoms with Crippen molar-refractivity contribution in [3.05, 3.63) is 113 Å². The van der Waals surface area contributed by atoms with Crippen molar-refractivity contribution in [3.63, 3.8) is 0 Å². The van der Waals surface area contributed by atoms with Gasteiger partial charge in [0.05, 0.1) is 17.2 Å². The third-order valence-electron chi connectivity index (χ3n) is 6.66. The number of phenols is 1. The van der Waals surface area contributed by atoms with Crippen LogP contribution in [0.3, 0.4) is 0 Å². The Hall–Kier alpha value is -4.45. The maximum absolute atomic E-state index is 13.9. The van der Waals surface area contributed by atoms with E-state index >= 15 is 0 Å². The van der Waals surface area contributed by atoms with Gasteiger partial charge in [0.15, 0.2) is 0 Å². The minimum absolute atomic E-state index is 0.0460. The van der Waals surface area contributed by atoms with E-state index in [9.17, 15) is 19.5 Å². The first-order chi connectivity index (χ1) is 17.4. The van der Waals surface area contributed by atoms with Crippen molar-refractivity contribution in [1.29, 1.82) is 0 Å². The minimum Gasteiger partial charge on any atom is -0.508 e. The summed E-state index contributed by atoms with van der Waals surface area (Å²) in [6.07, 6.45) is 0. The molecule has 0 aliphatic carbocycles. The van der Waals surface area contributed by atoms with E-state index in [1.165, 1.54) is 0 Å². The second kappa shape index (κ2) is 9.30. The Morgan fingerprint density at radius 2 is 1.36 bits per heavy atom. The van der Waals surface area contributed by atoms with Crippen LogP contribution in [0, 0.1) is 5.92 Å². The Morgan fingerprint density at radius 1 is 0.778 bits per heavy atom. The van der Waals surface area contributed by atoms with E-state index in [1.54, 1.807) is 44.2 Å². The van der Waals surface area contributed by atoms with Gasteiger partial charge in [0.25, 0.3) is 11.8 Å². The zero-order chi connectivity index (χ0) is 25.4. The van der Waals surface area contributed by atoms with Gasteiger partial charge in [-0.3, -0.25) is 19.3 Å². The topological polar surface area (TPSA) is 86.7 Å². The van der Waals surface area contributed by atoms with E-state index in [0.717, 1.165) is 21.2 Å². The zero-order valence-corrected chi connectivity index (χ0v) is 20.0. The highest BCUT2D eigenvalue weighted by atomic mass is 16.3. The fourth-order valence-corrected chi connectivity index (χ4v) is 4.96. The Morgan fingerprint density at radius 3 is 2.00 bits per heavy atom. The van der Waals surface area contributed by atoms with Crippen molar-refractivity contribution in [3.8, 4) is 5.75 Å². The monoisotopic (exact) mass is 478 g/mol. The molecule has 5 rings (SSSR count). The molecule has 6 heteroatoms. The lowest BCUT2D eigenvalue weighted by Crippen LogP contribution is -2.53. The normalized spacial score (nSPS) is 14.7. The standard InChI is InChI=1S/C30H26N2O4/c1-18(2)27(32-29(35)22-14-8-9-15-23(22)30(32)36)28(34)31-26(20-11-4-3-5-12-20)25-21-13-7-6-10-19(21)16-17-24(25)33/h3-18,26-27,33H,1-2H3,(H,31,34). The molecule has 0 saturated carbocycles. The number of aromatic hydroxyl groups is 1. The number of nitrogens with one attached hydrogen (secondary N) is 1. The Bertz CT molecular complexity index is 1440. The predicted molar refractivity (Wildman–Crippen MR) is 138 cm³/mol.